The van der Waals surface area contributed by atoms with Crippen LogP contribution in [0.2, 0.25) is 0 Å². The molecule has 0 aromatic heterocycles. The highest BCUT2D eigenvalue weighted by molar-refractivity contribution is 5.87. The zero-order valence-electron chi connectivity index (χ0n) is 9.64. The number of likely N-dealkylation sites (N-methyl/N-ethyl adjacent to an activating group) is 1. The number of benzene rings is 1. The average molecular weight is 223 g/mol. The number of methoxy groups -OCH3 is 1. The van der Waals surface area contributed by atoms with Crippen molar-refractivity contribution in [2.75, 3.05) is 27.3 Å². The van der Waals surface area contributed by atoms with Gasteiger partial charge in [0.1, 0.15) is 0 Å². The second-order valence-corrected chi connectivity index (χ2v) is 3.74. The van der Waals surface area contributed by atoms with Gasteiger partial charge < -0.3 is 9.84 Å². The van der Waals surface area contributed by atoms with Crippen LogP contribution in [0.15, 0.2) is 24.3 Å². The van der Waals surface area contributed by atoms with Crippen LogP contribution in [0, 0.1) is 0 Å². The Morgan fingerprint density at radius 2 is 2.25 bits per heavy atom. The number of rotatable bonds is 6. The van der Waals surface area contributed by atoms with Crippen LogP contribution in [0.3, 0.4) is 0 Å². The first-order chi connectivity index (χ1) is 7.63. The van der Waals surface area contributed by atoms with E-state index >= 15 is 0 Å². The van der Waals surface area contributed by atoms with E-state index < -0.39 is 5.97 Å². The lowest BCUT2D eigenvalue weighted by Crippen LogP contribution is -2.22. The van der Waals surface area contributed by atoms with Crippen molar-refractivity contribution in [1.82, 2.24) is 4.90 Å². The van der Waals surface area contributed by atoms with Crippen LogP contribution >= 0.6 is 0 Å². The van der Waals surface area contributed by atoms with E-state index in [9.17, 15) is 4.79 Å². The Hall–Kier alpha value is -1.39. The van der Waals surface area contributed by atoms with Crippen LogP contribution in [-0.2, 0) is 11.3 Å². The van der Waals surface area contributed by atoms with Crippen molar-refractivity contribution in [3.05, 3.63) is 35.4 Å². The molecule has 4 nitrogen and oxygen atoms in total. The first-order valence-corrected chi connectivity index (χ1v) is 5.13. The minimum absolute atomic E-state index is 0.331. The molecule has 0 radical (unpaired) electrons. The zero-order chi connectivity index (χ0) is 12.0. The van der Waals surface area contributed by atoms with Gasteiger partial charge in [0.2, 0.25) is 0 Å². The van der Waals surface area contributed by atoms with Crippen LogP contribution in [0.1, 0.15) is 15.9 Å². The molecule has 1 aromatic carbocycles. The molecule has 0 fully saturated rings. The lowest BCUT2D eigenvalue weighted by atomic mass is 10.1. The molecule has 0 amide bonds. The Morgan fingerprint density at radius 3 is 2.88 bits per heavy atom. The quantitative estimate of drug-likeness (QED) is 0.793. The van der Waals surface area contributed by atoms with Gasteiger partial charge in [-0.05, 0) is 24.7 Å². The first-order valence-electron chi connectivity index (χ1n) is 5.13. The number of hydrogen-bond donors (Lipinski definition) is 1. The Balaban J connectivity index is 2.59. The Morgan fingerprint density at radius 1 is 1.50 bits per heavy atom. The molecule has 1 aromatic rings. The van der Waals surface area contributed by atoms with E-state index in [-0.39, 0.29) is 0 Å². The van der Waals surface area contributed by atoms with Gasteiger partial charge >= 0.3 is 5.97 Å². The topological polar surface area (TPSA) is 49.8 Å². The van der Waals surface area contributed by atoms with Crippen molar-refractivity contribution in [3.8, 4) is 0 Å². The molecule has 88 valence electrons. The molecule has 0 aliphatic carbocycles. The summed E-state index contributed by atoms with van der Waals surface area (Å²) in [5.41, 5.74) is 1.33. The maximum Gasteiger partial charge on any atom is 0.335 e. The smallest absolute Gasteiger partial charge is 0.335 e. The summed E-state index contributed by atoms with van der Waals surface area (Å²) in [6, 6.07) is 6.99. The molecular weight excluding hydrogens is 206 g/mol. The van der Waals surface area contributed by atoms with Gasteiger partial charge in [-0.15, -0.1) is 0 Å². The summed E-state index contributed by atoms with van der Waals surface area (Å²) in [6.45, 7) is 2.23. The standard InChI is InChI=1S/C12H17NO3/c1-13(6-7-16-2)9-10-4-3-5-11(8-10)12(14)15/h3-5,8H,6-7,9H2,1-2H3,(H,14,15). The molecule has 0 aliphatic rings. The number of carboxylic acids is 1. The molecule has 16 heavy (non-hydrogen) atoms. The zero-order valence-corrected chi connectivity index (χ0v) is 9.64. The van der Waals surface area contributed by atoms with Crippen LogP contribution in [0.25, 0.3) is 0 Å². The number of nitrogens with zero attached hydrogens (tertiary/aromatic N) is 1. The number of carbonyl (C=O) groups is 1. The van der Waals surface area contributed by atoms with E-state index in [0.29, 0.717) is 12.2 Å². The molecule has 4 heteroatoms. The van der Waals surface area contributed by atoms with Crippen molar-refractivity contribution in [1.29, 1.82) is 0 Å². The fourth-order valence-corrected chi connectivity index (χ4v) is 1.44. The van der Waals surface area contributed by atoms with Crippen LogP contribution in [-0.4, -0.2) is 43.3 Å². The average Bonchev–Trinajstić information content (AvgIpc) is 2.26. The fraction of sp³-hybridized carbons (Fsp3) is 0.417. The summed E-state index contributed by atoms with van der Waals surface area (Å²) in [7, 11) is 3.64. The maximum absolute atomic E-state index is 10.8. The summed E-state index contributed by atoms with van der Waals surface area (Å²) in [4.78, 5) is 12.9. The van der Waals surface area contributed by atoms with Crippen molar-refractivity contribution in [3.63, 3.8) is 0 Å². The summed E-state index contributed by atoms with van der Waals surface area (Å²) < 4.78 is 4.98. The Bertz CT molecular complexity index is 352. The van der Waals surface area contributed by atoms with Crippen molar-refractivity contribution < 1.29 is 14.6 Å². The largest absolute Gasteiger partial charge is 0.478 e. The van der Waals surface area contributed by atoms with Gasteiger partial charge in [0.05, 0.1) is 12.2 Å². The second kappa shape index (κ2) is 6.25. The molecule has 0 heterocycles. The maximum atomic E-state index is 10.8. The van der Waals surface area contributed by atoms with Gasteiger partial charge in [-0.25, -0.2) is 4.79 Å². The van der Waals surface area contributed by atoms with E-state index in [0.717, 1.165) is 18.7 Å². The first kappa shape index (κ1) is 12.7. The van der Waals surface area contributed by atoms with Gasteiger partial charge in [-0.3, -0.25) is 4.90 Å². The minimum atomic E-state index is -0.888. The van der Waals surface area contributed by atoms with E-state index in [1.165, 1.54) is 0 Å². The molecule has 1 rings (SSSR count). The van der Waals surface area contributed by atoms with E-state index in [2.05, 4.69) is 4.90 Å². The van der Waals surface area contributed by atoms with Gasteiger partial charge in [-0.2, -0.15) is 0 Å². The lowest BCUT2D eigenvalue weighted by molar-refractivity contribution is 0.0696. The summed E-state index contributed by atoms with van der Waals surface area (Å²) >= 11 is 0. The highest BCUT2D eigenvalue weighted by Crippen LogP contribution is 2.07. The molecule has 0 unspecified atom stereocenters. The molecule has 0 saturated carbocycles. The third kappa shape index (κ3) is 4.00. The monoisotopic (exact) mass is 223 g/mol. The molecule has 0 aliphatic heterocycles. The fourth-order valence-electron chi connectivity index (χ4n) is 1.44. The molecule has 0 saturated heterocycles. The molecule has 1 N–H and O–H groups in total. The highest BCUT2D eigenvalue weighted by atomic mass is 16.5. The van der Waals surface area contributed by atoms with Crippen LogP contribution < -0.4 is 0 Å². The highest BCUT2D eigenvalue weighted by Gasteiger charge is 2.05. The number of hydrogen-bond acceptors (Lipinski definition) is 3. The van der Waals surface area contributed by atoms with Gasteiger partial charge in [0.25, 0.3) is 0 Å². The Kier molecular flexibility index (Phi) is 4.95. The SMILES string of the molecule is COCCN(C)Cc1cccc(C(=O)O)c1. The third-order valence-corrected chi connectivity index (χ3v) is 2.30. The van der Waals surface area contributed by atoms with E-state index in [4.69, 9.17) is 9.84 Å². The summed E-state index contributed by atoms with van der Waals surface area (Å²) in [5.74, 6) is -0.888. The lowest BCUT2D eigenvalue weighted by Gasteiger charge is -2.16. The second-order valence-electron chi connectivity index (χ2n) is 3.74. The van der Waals surface area contributed by atoms with Crippen molar-refractivity contribution in [2.24, 2.45) is 0 Å². The number of ether oxygens (including phenoxy) is 1. The number of aromatic carboxylic acids is 1. The third-order valence-electron chi connectivity index (χ3n) is 2.30. The number of carboxylic acid groups (broad SMARTS) is 1. The van der Waals surface area contributed by atoms with Gasteiger partial charge in [0, 0.05) is 20.2 Å². The van der Waals surface area contributed by atoms with Crippen molar-refractivity contribution >= 4 is 5.97 Å². The molecular formula is C12H17NO3. The van der Waals surface area contributed by atoms with Gasteiger partial charge in [-0.1, -0.05) is 12.1 Å². The predicted molar refractivity (Wildman–Crippen MR) is 61.6 cm³/mol. The van der Waals surface area contributed by atoms with E-state index in [1.807, 2.05) is 13.1 Å². The molecule has 0 spiro atoms. The summed E-state index contributed by atoms with van der Waals surface area (Å²) in [5, 5.41) is 8.85. The Labute approximate surface area is 95.5 Å². The molecule has 0 atom stereocenters. The summed E-state index contributed by atoms with van der Waals surface area (Å²) in [6.07, 6.45) is 0. The molecule has 0 bridgehead atoms. The normalized spacial score (nSPS) is 10.7. The minimum Gasteiger partial charge on any atom is -0.478 e. The van der Waals surface area contributed by atoms with Crippen molar-refractivity contribution in [2.45, 2.75) is 6.54 Å². The predicted octanol–water partition coefficient (Wildman–Crippen LogP) is 1.46. The van der Waals surface area contributed by atoms with Crippen LogP contribution in [0.5, 0.6) is 0 Å². The van der Waals surface area contributed by atoms with Gasteiger partial charge in [0.15, 0.2) is 0 Å². The van der Waals surface area contributed by atoms with Crippen LogP contribution in [0.4, 0.5) is 0 Å². The van der Waals surface area contributed by atoms with E-state index in [1.54, 1.807) is 25.3 Å².